The molecular formula is C21H21N3O4. The van der Waals surface area contributed by atoms with E-state index < -0.39 is 5.97 Å². The number of hydrogen-bond acceptors (Lipinski definition) is 4. The summed E-state index contributed by atoms with van der Waals surface area (Å²) in [5.74, 6) is -0.802. The number of aromatic nitrogens is 1. The molecule has 0 saturated heterocycles. The van der Waals surface area contributed by atoms with Gasteiger partial charge in [0.2, 0.25) is 11.8 Å². The molecular weight excluding hydrogens is 358 g/mol. The van der Waals surface area contributed by atoms with Gasteiger partial charge in [-0.1, -0.05) is 31.2 Å². The molecule has 0 bridgehead atoms. The Morgan fingerprint density at radius 2 is 1.64 bits per heavy atom. The Labute approximate surface area is 162 Å². The number of methoxy groups -OCH3 is 1. The largest absolute Gasteiger partial charge is 0.465 e. The van der Waals surface area contributed by atoms with Crippen LogP contribution in [0, 0.1) is 0 Å². The van der Waals surface area contributed by atoms with E-state index in [2.05, 4.69) is 10.6 Å². The first-order valence-corrected chi connectivity index (χ1v) is 8.87. The quantitative estimate of drug-likeness (QED) is 0.642. The monoisotopic (exact) mass is 379 g/mol. The van der Waals surface area contributed by atoms with Gasteiger partial charge in [-0.05, 0) is 24.3 Å². The van der Waals surface area contributed by atoms with Gasteiger partial charge in [0.05, 0.1) is 12.7 Å². The highest BCUT2D eigenvalue weighted by Gasteiger charge is 2.16. The maximum absolute atomic E-state index is 12.5. The third kappa shape index (κ3) is 4.20. The normalized spacial score (nSPS) is 10.5. The van der Waals surface area contributed by atoms with Gasteiger partial charge in [-0.2, -0.15) is 0 Å². The second-order valence-electron chi connectivity index (χ2n) is 6.21. The van der Waals surface area contributed by atoms with E-state index in [0.717, 1.165) is 10.9 Å². The summed E-state index contributed by atoms with van der Waals surface area (Å²) >= 11 is 0. The maximum atomic E-state index is 12.5. The highest BCUT2D eigenvalue weighted by atomic mass is 16.5. The van der Waals surface area contributed by atoms with Gasteiger partial charge in [-0.15, -0.1) is 0 Å². The molecule has 2 N–H and O–H groups in total. The van der Waals surface area contributed by atoms with Crippen molar-refractivity contribution in [2.24, 2.45) is 0 Å². The molecule has 0 saturated carbocycles. The van der Waals surface area contributed by atoms with Gasteiger partial charge in [0.1, 0.15) is 6.54 Å². The van der Waals surface area contributed by atoms with Crippen molar-refractivity contribution in [1.82, 2.24) is 4.57 Å². The van der Waals surface area contributed by atoms with Crippen LogP contribution in [-0.4, -0.2) is 29.5 Å². The average molecular weight is 379 g/mol. The minimum absolute atomic E-state index is 0.0308. The lowest BCUT2D eigenvalue weighted by Crippen LogP contribution is -2.18. The molecule has 0 radical (unpaired) electrons. The fourth-order valence-electron chi connectivity index (χ4n) is 2.93. The molecule has 0 unspecified atom stereocenters. The molecule has 7 heteroatoms. The van der Waals surface area contributed by atoms with Crippen molar-refractivity contribution in [3.63, 3.8) is 0 Å². The van der Waals surface area contributed by atoms with Crippen LogP contribution in [0.15, 0.2) is 54.7 Å². The Kier molecular flexibility index (Phi) is 5.74. The van der Waals surface area contributed by atoms with Gasteiger partial charge in [-0.3, -0.25) is 9.59 Å². The van der Waals surface area contributed by atoms with Gasteiger partial charge in [0.15, 0.2) is 0 Å². The molecule has 0 fully saturated rings. The predicted octanol–water partition coefficient (Wildman–Crippen LogP) is 3.42. The molecule has 2 amide bonds. The van der Waals surface area contributed by atoms with Gasteiger partial charge in [0, 0.05) is 34.9 Å². The Morgan fingerprint density at radius 3 is 2.32 bits per heavy atom. The highest BCUT2D eigenvalue weighted by Crippen LogP contribution is 2.22. The number of hydrogen-bond donors (Lipinski definition) is 2. The number of carbonyl (C=O) groups is 3. The molecule has 0 aliphatic carbocycles. The second-order valence-corrected chi connectivity index (χ2v) is 6.21. The van der Waals surface area contributed by atoms with E-state index in [-0.39, 0.29) is 18.4 Å². The minimum Gasteiger partial charge on any atom is -0.465 e. The fraction of sp³-hybridized carbons (Fsp3) is 0.190. The van der Waals surface area contributed by atoms with Crippen molar-refractivity contribution in [1.29, 1.82) is 0 Å². The molecule has 1 heterocycles. The lowest BCUT2D eigenvalue weighted by Gasteiger charge is -2.09. The zero-order valence-corrected chi connectivity index (χ0v) is 15.7. The fourth-order valence-corrected chi connectivity index (χ4v) is 2.93. The smallest absolute Gasteiger partial charge is 0.340 e. The number of nitrogens with zero attached hydrogens (tertiary/aromatic N) is 1. The van der Waals surface area contributed by atoms with Crippen LogP contribution in [0.1, 0.15) is 23.7 Å². The van der Waals surface area contributed by atoms with Crippen LogP contribution < -0.4 is 10.6 Å². The minimum atomic E-state index is -0.449. The summed E-state index contributed by atoms with van der Waals surface area (Å²) in [6, 6.07) is 14.3. The molecule has 3 aromatic rings. The van der Waals surface area contributed by atoms with Gasteiger partial charge >= 0.3 is 5.97 Å². The SMILES string of the molecule is CCC(=O)Nc1cccc(NC(=O)Cn2cc(C(=O)OC)c3ccccc32)c1. The number of benzene rings is 2. The number of esters is 1. The summed E-state index contributed by atoms with van der Waals surface area (Å²) in [6.45, 7) is 1.80. The first-order chi connectivity index (χ1) is 13.5. The zero-order chi connectivity index (χ0) is 20.1. The van der Waals surface area contributed by atoms with E-state index in [9.17, 15) is 14.4 Å². The first kappa shape index (κ1) is 19.2. The lowest BCUT2D eigenvalue weighted by atomic mass is 10.2. The van der Waals surface area contributed by atoms with E-state index >= 15 is 0 Å². The molecule has 7 nitrogen and oxygen atoms in total. The van der Waals surface area contributed by atoms with Crippen molar-refractivity contribution in [2.75, 3.05) is 17.7 Å². The van der Waals surface area contributed by atoms with Gasteiger partial charge in [-0.25, -0.2) is 4.79 Å². The van der Waals surface area contributed by atoms with Crippen LogP contribution in [-0.2, 0) is 20.9 Å². The Bertz CT molecular complexity index is 1040. The number of ether oxygens (including phenoxy) is 1. The third-order valence-electron chi connectivity index (χ3n) is 4.26. The zero-order valence-electron chi connectivity index (χ0n) is 15.7. The number of rotatable bonds is 6. The number of para-hydroxylation sites is 1. The number of anilines is 2. The Balaban J connectivity index is 1.78. The second kappa shape index (κ2) is 8.39. The van der Waals surface area contributed by atoms with Crippen molar-refractivity contribution >= 4 is 40.1 Å². The summed E-state index contributed by atoms with van der Waals surface area (Å²) in [5.41, 5.74) is 2.37. The summed E-state index contributed by atoms with van der Waals surface area (Å²) in [6.07, 6.45) is 1.99. The van der Waals surface area contributed by atoms with Crippen molar-refractivity contribution in [2.45, 2.75) is 19.9 Å². The number of nitrogens with one attached hydrogen (secondary N) is 2. The van der Waals surface area contributed by atoms with Crippen molar-refractivity contribution in [3.8, 4) is 0 Å². The maximum Gasteiger partial charge on any atom is 0.340 e. The summed E-state index contributed by atoms with van der Waals surface area (Å²) < 4.78 is 6.53. The topological polar surface area (TPSA) is 89.4 Å². The number of carbonyl (C=O) groups excluding carboxylic acids is 3. The summed E-state index contributed by atoms with van der Waals surface area (Å²) in [7, 11) is 1.32. The van der Waals surface area contributed by atoms with E-state index in [1.807, 2.05) is 24.3 Å². The standard InChI is InChI=1S/C21H21N3O4/c1-3-19(25)22-14-7-6-8-15(11-14)23-20(26)13-24-12-17(21(27)28-2)16-9-4-5-10-18(16)24/h4-12H,3,13H2,1-2H3,(H,22,25)(H,23,26). The van der Waals surface area contributed by atoms with Crippen LogP contribution in [0.5, 0.6) is 0 Å². The van der Waals surface area contributed by atoms with Crippen molar-refractivity contribution in [3.05, 3.63) is 60.3 Å². The molecule has 28 heavy (non-hydrogen) atoms. The molecule has 0 atom stereocenters. The molecule has 144 valence electrons. The first-order valence-electron chi connectivity index (χ1n) is 8.87. The van der Waals surface area contributed by atoms with Crippen LogP contribution in [0.4, 0.5) is 11.4 Å². The summed E-state index contributed by atoms with van der Waals surface area (Å²) in [4.78, 5) is 36.0. The number of fused-ring (bicyclic) bond motifs is 1. The van der Waals surface area contributed by atoms with E-state index in [4.69, 9.17) is 4.74 Å². The van der Waals surface area contributed by atoms with Crippen molar-refractivity contribution < 1.29 is 19.1 Å². The predicted molar refractivity (Wildman–Crippen MR) is 107 cm³/mol. The molecule has 0 spiro atoms. The molecule has 0 aliphatic heterocycles. The summed E-state index contributed by atoms with van der Waals surface area (Å²) in [5, 5.41) is 6.29. The van der Waals surface area contributed by atoms with E-state index in [1.165, 1.54) is 7.11 Å². The van der Waals surface area contributed by atoms with Crippen LogP contribution in [0.2, 0.25) is 0 Å². The third-order valence-corrected chi connectivity index (χ3v) is 4.26. The highest BCUT2D eigenvalue weighted by molar-refractivity contribution is 6.05. The molecule has 2 aromatic carbocycles. The molecule has 1 aromatic heterocycles. The van der Waals surface area contributed by atoms with E-state index in [0.29, 0.717) is 23.4 Å². The van der Waals surface area contributed by atoms with Crippen LogP contribution in [0.25, 0.3) is 10.9 Å². The Hall–Kier alpha value is -3.61. The number of amides is 2. The Morgan fingerprint density at radius 1 is 0.964 bits per heavy atom. The van der Waals surface area contributed by atoms with Crippen LogP contribution >= 0.6 is 0 Å². The van der Waals surface area contributed by atoms with Gasteiger partial charge < -0.3 is 19.9 Å². The molecule has 3 rings (SSSR count). The average Bonchev–Trinajstić information content (AvgIpc) is 3.06. The van der Waals surface area contributed by atoms with Crippen LogP contribution in [0.3, 0.4) is 0 Å². The molecule has 0 aliphatic rings. The van der Waals surface area contributed by atoms with E-state index in [1.54, 1.807) is 42.0 Å². The van der Waals surface area contributed by atoms with Gasteiger partial charge in [0.25, 0.3) is 0 Å². The lowest BCUT2D eigenvalue weighted by molar-refractivity contribution is -0.117.